The molecule has 1 aromatic carbocycles. The number of likely N-dealkylation sites (tertiary alicyclic amines) is 1. The SMILES string of the molecule is COC1CCN(C(CN)c2ccc(Br)c(Cl)c2)CC1. The zero-order chi connectivity index (χ0) is 13.8. The van der Waals surface area contributed by atoms with Crippen molar-refractivity contribution in [3.05, 3.63) is 33.3 Å². The molecular formula is C14H20BrClN2O. The Labute approximate surface area is 128 Å². The van der Waals surface area contributed by atoms with Gasteiger partial charge in [0.05, 0.1) is 11.1 Å². The van der Waals surface area contributed by atoms with Crippen LogP contribution in [0, 0.1) is 0 Å². The summed E-state index contributed by atoms with van der Waals surface area (Å²) in [5.74, 6) is 0. The molecule has 5 heteroatoms. The molecule has 0 radical (unpaired) electrons. The summed E-state index contributed by atoms with van der Waals surface area (Å²) in [5, 5.41) is 0.739. The lowest BCUT2D eigenvalue weighted by Crippen LogP contribution is -2.41. The molecule has 0 aliphatic carbocycles. The van der Waals surface area contributed by atoms with E-state index in [-0.39, 0.29) is 6.04 Å². The lowest BCUT2D eigenvalue weighted by atomic mass is 10.0. The van der Waals surface area contributed by atoms with E-state index in [1.807, 2.05) is 12.1 Å². The fourth-order valence-corrected chi connectivity index (χ4v) is 3.07. The maximum absolute atomic E-state index is 6.17. The number of rotatable bonds is 4. The van der Waals surface area contributed by atoms with E-state index >= 15 is 0 Å². The monoisotopic (exact) mass is 346 g/mol. The van der Waals surface area contributed by atoms with Gasteiger partial charge in [0.25, 0.3) is 0 Å². The molecule has 2 N–H and O–H groups in total. The van der Waals surface area contributed by atoms with Gasteiger partial charge >= 0.3 is 0 Å². The Morgan fingerprint density at radius 2 is 2.16 bits per heavy atom. The zero-order valence-corrected chi connectivity index (χ0v) is 13.5. The minimum Gasteiger partial charge on any atom is -0.381 e. The van der Waals surface area contributed by atoms with Crippen LogP contribution >= 0.6 is 27.5 Å². The van der Waals surface area contributed by atoms with Crippen LogP contribution in [-0.4, -0.2) is 37.7 Å². The van der Waals surface area contributed by atoms with Gasteiger partial charge in [-0.05, 0) is 46.5 Å². The third kappa shape index (κ3) is 3.70. The Bertz CT molecular complexity index is 422. The molecule has 0 amide bonds. The summed E-state index contributed by atoms with van der Waals surface area (Å²) in [6.45, 7) is 2.65. The smallest absolute Gasteiger partial charge is 0.0595 e. The van der Waals surface area contributed by atoms with Crippen molar-refractivity contribution in [3.63, 3.8) is 0 Å². The van der Waals surface area contributed by atoms with Gasteiger partial charge in [-0.25, -0.2) is 0 Å². The molecule has 1 fully saturated rings. The Morgan fingerprint density at radius 3 is 2.68 bits per heavy atom. The number of hydrogen-bond donors (Lipinski definition) is 1. The van der Waals surface area contributed by atoms with Crippen molar-refractivity contribution in [3.8, 4) is 0 Å². The molecular weight excluding hydrogens is 328 g/mol. The predicted molar refractivity (Wildman–Crippen MR) is 82.6 cm³/mol. The van der Waals surface area contributed by atoms with Crippen molar-refractivity contribution in [2.75, 3.05) is 26.7 Å². The van der Waals surface area contributed by atoms with E-state index in [9.17, 15) is 0 Å². The van der Waals surface area contributed by atoms with Crippen LogP contribution in [0.1, 0.15) is 24.4 Å². The van der Waals surface area contributed by atoms with E-state index in [4.69, 9.17) is 22.1 Å². The Morgan fingerprint density at radius 1 is 1.47 bits per heavy atom. The summed E-state index contributed by atoms with van der Waals surface area (Å²) in [4.78, 5) is 2.43. The molecule has 106 valence electrons. The molecule has 1 aromatic rings. The molecule has 19 heavy (non-hydrogen) atoms. The number of halogens is 2. The van der Waals surface area contributed by atoms with Gasteiger partial charge in [-0.2, -0.15) is 0 Å². The molecule has 0 bridgehead atoms. The Balaban J connectivity index is 2.09. The molecule has 2 rings (SSSR count). The summed E-state index contributed by atoms with van der Waals surface area (Å²) in [6.07, 6.45) is 2.53. The highest BCUT2D eigenvalue weighted by Gasteiger charge is 2.25. The molecule has 3 nitrogen and oxygen atoms in total. The van der Waals surface area contributed by atoms with Crippen molar-refractivity contribution in [1.29, 1.82) is 0 Å². The number of nitrogens with two attached hydrogens (primary N) is 1. The fraction of sp³-hybridized carbons (Fsp3) is 0.571. The molecule has 1 unspecified atom stereocenters. The highest BCUT2D eigenvalue weighted by molar-refractivity contribution is 9.10. The first-order valence-electron chi connectivity index (χ1n) is 6.57. The highest BCUT2D eigenvalue weighted by Crippen LogP contribution is 2.30. The van der Waals surface area contributed by atoms with Crippen LogP contribution < -0.4 is 5.73 Å². The van der Waals surface area contributed by atoms with Gasteiger partial charge in [-0.3, -0.25) is 4.90 Å². The van der Waals surface area contributed by atoms with Crippen LogP contribution in [0.25, 0.3) is 0 Å². The number of nitrogens with zero attached hydrogens (tertiary/aromatic N) is 1. The first-order chi connectivity index (χ1) is 9.15. The normalized spacial score (nSPS) is 19.6. The molecule has 0 spiro atoms. The first-order valence-corrected chi connectivity index (χ1v) is 7.74. The second-order valence-corrected chi connectivity index (χ2v) is 6.16. The van der Waals surface area contributed by atoms with Crippen molar-refractivity contribution < 1.29 is 4.74 Å². The van der Waals surface area contributed by atoms with E-state index in [1.165, 1.54) is 5.56 Å². The zero-order valence-electron chi connectivity index (χ0n) is 11.1. The molecule has 1 aliphatic heterocycles. The number of ether oxygens (including phenoxy) is 1. The minimum absolute atomic E-state index is 0.239. The standard InChI is InChI=1S/C14H20BrClN2O/c1-19-11-4-6-18(7-5-11)14(9-17)10-2-3-12(15)13(16)8-10/h2-3,8,11,14H,4-7,9,17H2,1H3. The third-order valence-electron chi connectivity index (χ3n) is 3.80. The fourth-order valence-electron chi connectivity index (χ4n) is 2.64. The number of piperidine rings is 1. The molecule has 1 saturated heterocycles. The maximum Gasteiger partial charge on any atom is 0.0595 e. The quantitative estimate of drug-likeness (QED) is 0.909. The van der Waals surface area contributed by atoms with Crippen LogP contribution in [0.5, 0.6) is 0 Å². The van der Waals surface area contributed by atoms with Gasteiger partial charge < -0.3 is 10.5 Å². The molecule has 1 aliphatic rings. The Hall–Kier alpha value is -0.130. The van der Waals surface area contributed by atoms with E-state index in [0.717, 1.165) is 35.4 Å². The average molecular weight is 348 g/mol. The van der Waals surface area contributed by atoms with Crippen LogP contribution in [-0.2, 0) is 4.74 Å². The number of hydrogen-bond acceptors (Lipinski definition) is 3. The lowest BCUT2D eigenvalue weighted by Gasteiger charge is -2.37. The number of methoxy groups -OCH3 is 1. The van der Waals surface area contributed by atoms with E-state index in [1.54, 1.807) is 7.11 Å². The molecule has 0 aromatic heterocycles. The second-order valence-electron chi connectivity index (χ2n) is 4.90. The van der Waals surface area contributed by atoms with Crippen LogP contribution in [0.15, 0.2) is 22.7 Å². The van der Waals surface area contributed by atoms with E-state index < -0.39 is 0 Å². The summed E-state index contributed by atoms with van der Waals surface area (Å²) >= 11 is 9.59. The predicted octanol–water partition coefficient (Wildman–Crippen LogP) is 3.21. The van der Waals surface area contributed by atoms with Gasteiger partial charge in [0.15, 0.2) is 0 Å². The summed E-state index contributed by atoms with van der Waals surface area (Å²) in [6, 6.07) is 6.33. The van der Waals surface area contributed by atoms with Gasteiger partial charge in [0, 0.05) is 37.3 Å². The van der Waals surface area contributed by atoms with Crippen LogP contribution in [0.3, 0.4) is 0 Å². The average Bonchev–Trinajstić information content (AvgIpc) is 2.44. The lowest BCUT2D eigenvalue weighted by molar-refractivity contribution is 0.0280. The van der Waals surface area contributed by atoms with Gasteiger partial charge in [-0.15, -0.1) is 0 Å². The van der Waals surface area contributed by atoms with Crippen molar-refractivity contribution in [2.24, 2.45) is 5.73 Å². The Kier molecular flexibility index (Phi) is 5.66. The van der Waals surface area contributed by atoms with Gasteiger partial charge in [-0.1, -0.05) is 17.7 Å². The van der Waals surface area contributed by atoms with Crippen LogP contribution in [0.4, 0.5) is 0 Å². The van der Waals surface area contributed by atoms with Gasteiger partial charge in [0.1, 0.15) is 0 Å². The highest BCUT2D eigenvalue weighted by atomic mass is 79.9. The van der Waals surface area contributed by atoms with Crippen molar-refractivity contribution in [1.82, 2.24) is 4.90 Å². The summed E-state index contributed by atoms with van der Waals surface area (Å²) in [5.41, 5.74) is 7.15. The van der Waals surface area contributed by atoms with Gasteiger partial charge in [0.2, 0.25) is 0 Å². The summed E-state index contributed by atoms with van der Waals surface area (Å²) in [7, 11) is 1.79. The first kappa shape index (κ1) is 15.3. The van der Waals surface area contributed by atoms with E-state index in [2.05, 4.69) is 26.9 Å². The molecule has 1 heterocycles. The summed E-state index contributed by atoms with van der Waals surface area (Å²) < 4.78 is 6.33. The topological polar surface area (TPSA) is 38.5 Å². The van der Waals surface area contributed by atoms with Crippen molar-refractivity contribution >= 4 is 27.5 Å². The minimum atomic E-state index is 0.239. The van der Waals surface area contributed by atoms with Crippen molar-refractivity contribution in [2.45, 2.75) is 25.0 Å². The van der Waals surface area contributed by atoms with E-state index in [0.29, 0.717) is 12.6 Å². The third-order valence-corrected chi connectivity index (χ3v) is 5.03. The van der Waals surface area contributed by atoms with Crippen LogP contribution in [0.2, 0.25) is 5.02 Å². The number of benzene rings is 1. The largest absolute Gasteiger partial charge is 0.381 e. The molecule has 0 saturated carbocycles. The molecule has 1 atom stereocenters. The second kappa shape index (κ2) is 7.04. The maximum atomic E-state index is 6.17.